The lowest BCUT2D eigenvalue weighted by Gasteiger charge is -2.33. The lowest BCUT2D eigenvalue weighted by Crippen LogP contribution is -2.56. The maximum Gasteiger partial charge on any atom is 0.329 e. The van der Waals surface area contributed by atoms with E-state index in [1.807, 2.05) is 0 Å². The van der Waals surface area contributed by atoms with Gasteiger partial charge < -0.3 is 19.9 Å². The summed E-state index contributed by atoms with van der Waals surface area (Å²) in [6.07, 6.45) is 0.842. The molecule has 0 saturated carbocycles. The first-order valence-electron chi connectivity index (χ1n) is 6.75. The van der Waals surface area contributed by atoms with E-state index in [2.05, 4.69) is 21.2 Å². The predicted molar refractivity (Wildman–Crippen MR) is 84.7 cm³/mol. The number of carbonyl (C=O) groups excluding carboxylic acids is 1. The fourth-order valence-electron chi connectivity index (χ4n) is 2.50. The van der Waals surface area contributed by atoms with Crippen LogP contribution in [0.2, 0.25) is 0 Å². The third-order valence-electron chi connectivity index (χ3n) is 3.80. The molecule has 118 valence electrons. The van der Waals surface area contributed by atoms with Crippen LogP contribution in [0.5, 0.6) is 11.5 Å². The van der Waals surface area contributed by atoms with Gasteiger partial charge in [-0.05, 0) is 52.4 Å². The number of carboxylic acids is 1. The van der Waals surface area contributed by atoms with Crippen LogP contribution in [-0.4, -0.2) is 40.8 Å². The van der Waals surface area contributed by atoms with Crippen LogP contribution in [0.25, 0.3) is 0 Å². The van der Waals surface area contributed by atoms with Crippen molar-refractivity contribution in [3.63, 3.8) is 0 Å². The lowest BCUT2D eigenvalue weighted by molar-refractivity contribution is -0.144. The van der Waals surface area contributed by atoms with E-state index in [1.165, 1.54) is 0 Å². The molecule has 1 saturated heterocycles. The van der Waals surface area contributed by atoms with Crippen molar-refractivity contribution in [3.8, 4) is 11.5 Å². The minimum Gasteiger partial charge on any atom is -0.480 e. The first-order chi connectivity index (χ1) is 10.5. The molecule has 2 aliphatic heterocycles. The molecule has 0 bridgehead atoms. The van der Waals surface area contributed by atoms with Crippen molar-refractivity contribution in [1.29, 1.82) is 0 Å². The molecule has 22 heavy (non-hydrogen) atoms. The molecule has 0 aliphatic carbocycles. The molecular formula is C14H14BrNO5S. The molecule has 1 fully saturated rings. The van der Waals surface area contributed by atoms with Crippen LogP contribution in [0.4, 0.5) is 0 Å². The Bertz CT molecular complexity index is 630. The average molecular weight is 388 g/mol. The number of nitrogens with one attached hydrogen (secondary N) is 1. The van der Waals surface area contributed by atoms with Crippen molar-refractivity contribution in [3.05, 3.63) is 22.2 Å². The topological polar surface area (TPSA) is 84.9 Å². The van der Waals surface area contributed by atoms with E-state index in [0.29, 0.717) is 34.4 Å². The molecule has 1 aromatic carbocycles. The summed E-state index contributed by atoms with van der Waals surface area (Å²) >= 11 is 5.03. The second-order valence-electron chi connectivity index (χ2n) is 5.15. The maximum absolute atomic E-state index is 12.5. The molecule has 0 spiro atoms. The van der Waals surface area contributed by atoms with Gasteiger partial charge in [-0.15, -0.1) is 0 Å². The Morgan fingerprint density at radius 2 is 2.00 bits per heavy atom. The number of hydrogen-bond acceptors (Lipinski definition) is 5. The van der Waals surface area contributed by atoms with Crippen molar-refractivity contribution >= 4 is 39.6 Å². The quantitative estimate of drug-likeness (QED) is 0.827. The van der Waals surface area contributed by atoms with E-state index >= 15 is 0 Å². The van der Waals surface area contributed by atoms with Gasteiger partial charge >= 0.3 is 5.97 Å². The van der Waals surface area contributed by atoms with Gasteiger partial charge in [-0.3, -0.25) is 4.79 Å². The van der Waals surface area contributed by atoms with Gasteiger partial charge in [-0.1, -0.05) is 0 Å². The number of rotatable bonds is 3. The SMILES string of the molecule is O=C(NC1(C(=O)O)CCSCC1)c1cc(Br)c2c(c1)OCO2. The smallest absolute Gasteiger partial charge is 0.329 e. The average Bonchev–Trinajstić information content (AvgIpc) is 2.97. The van der Waals surface area contributed by atoms with Crippen molar-refractivity contribution in [2.75, 3.05) is 18.3 Å². The summed E-state index contributed by atoms with van der Waals surface area (Å²) in [5.41, 5.74) is -0.847. The molecular weight excluding hydrogens is 374 g/mol. The van der Waals surface area contributed by atoms with Gasteiger partial charge in [0.15, 0.2) is 11.5 Å². The Morgan fingerprint density at radius 3 is 2.68 bits per heavy atom. The Labute approximate surface area is 139 Å². The first-order valence-corrected chi connectivity index (χ1v) is 8.69. The standard InChI is InChI=1S/C14H14BrNO5S/c15-9-5-8(6-10-11(9)21-7-20-10)12(17)16-14(13(18)19)1-3-22-4-2-14/h5-6H,1-4,7H2,(H,16,17)(H,18,19). The number of aliphatic carboxylic acids is 1. The molecule has 0 radical (unpaired) electrons. The van der Waals surface area contributed by atoms with Gasteiger partial charge in [0.05, 0.1) is 4.47 Å². The Hall–Kier alpha value is -1.41. The summed E-state index contributed by atoms with van der Waals surface area (Å²) in [6, 6.07) is 3.17. The summed E-state index contributed by atoms with van der Waals surface area (Å²) in [7, 11) is 0. The van der Waals surface area contributed by atoms with Gasteiger partial charge in [0.25, 0.3) is 5.91 Å². The molecule has 8 heteroatoms. The summed E-state index contributed by atoms with van der Waals surface area (Å²) in [5.74, 6) is 1.06. The number of hydrogen-bond donors (Lipinski definition) is 2. The highest BCUT2D eigenvalue weighted by Crippen LogP contribution is 2.40. The largest absolute Gasteiger partial charge is 0.480 e. The fourth-order valence-corrected chi connectivity index (χ4v) is 4.25. The van der Waals surface area contributed by atoms with Crippen molar-refractivity contribution in [2.24, 2.45) is 0 Å². The number of ether oxygens (including phenoxy) is 2. The van der Waals surface area contributed by atoms with E-state index in [0.717, 1.165) is 11.5 Å². The van der Waals surface area contributed by atoms with Crippen LogP contribution in [-0.2, 0) is 4.79 Å². The predicted octanol–water partition coefficient (Wildman–Crippen LogP) is 2.26. The molecule has 2 aliphatic rings. The number of fused-ring (bicyclic) bond motifs is 1. The van der Waals surface area contributed by atoms with Crippen molar-refractivity contribution in [2.45, 2.75) is 18.4 Å². The van der Waals surface area contributed by atoms with E-state index in [4.69, 9.17) is 9.47 Å². The molecule has 2 heterocycles. The minimum absolute atomic E-state index is 0.106. The minimum atomic E-state index is -1.19. The van der Waals surface area contributed by atoms with Crippen LogP contribution in [0.1, 0.15) is 23.2 Å². The second kappa shape index (κ2) is 6.00. The number of thioether (sulfide) groups is 1. The van der Waals surface area contributed by atoms with Crippen LogP contribution in [0.15, 0.2) is 16.6 Å². The van der Waals surface area contributed by atoms with E-state index in [-0.39, 0.29) is 6.79 Å². The number of carboxylic acid groups (broad SMARTS) is 1. The molecule has 1 amide bonds. The zero-order chi connectivity index (χ0) is 15.7. The molecule has 0 aromatic heterocycles. The molecule has 2 N–H and O–H groups in total. The normalized spacial score (nSPS) is 18.8. The van der Waals surface area contributed by atoms with Gasteiger partial charge in [0, 0.05) is 5.56 Å². The second-order valence-corrected chi connectivity index (χ2v) is 7.22. The van der Waals surface area contributed by atoms with Crippen LogP contribution in [0.3, 0.4) is 0 Å². The highest BCUT2D eigenvalue weighted by molar-refractivity contribution is 9.10. The Morgan fingerprint density at radius 1 is 1.27 bits per heavy atom. The molecule has 6 nitrogen and oxygen atoms in total. The lowest BCUT2D eigenvalue weighted by atomic mass is 9.92. The van der Waals surface area contributed by atoms with E-state index in [9.17, 15) is 14.7 Å². The molecule has 0 atom stereocenters. The van der Waals surface area contributed by atoms with Gasteiger partial charge in [0.2, 0.25) is 6.79 Å². The summed E-state index contributed by atoms with van der Waals surface area (Å²) in [5, 5.41) is 12.2. The third-order valence-corrected chi connectivity index (χ3v) is 5.37. The number of halogens is 1. The third kappa shape index (κ3) is 2.77. The summed E-state index contributed by atoms with van der Waals surface area (Å²) in [6.45, 7) is 0.106. The van der Waals surface area contributed by atoms with Gasteiger partial charge in [-0.2, -0.15) is 11.8 Å². The number of amides is 1. The fraction of sp³-hybridized carbons (Fsp3) is 0.429. The first kappa shape index (κ1) is 15.5. The molecule has 1 aromatic rings. The van der Waals surface area contributed by atoms with Gasteiger partial charge in [0.1, 0.15) is 5.54 Å². The van der Waals surface area contributed by atoms with Crippen LogP contribution in [0, 0.1) is 0 Å². The van der Waals surface area contributed by atoms with Gasteiger partial charge in [-0.25, -0.2) is 4.79 Å². The monoisotopic (exact) mass is 387 g/mol. The molecule has 0 unspecified atom stereocenters. The number of carbonyl (C=O) groups is 2. The highest BCUT2D eigenvalue weighted by Gasteiger charge is 2.41. The van der Waals surface area contributed by atoms with Crippen molar-refractivity contribution in [1.82, 2.24) is 5.32 Å². The zero-order valence-electron chi connectivity index (χ0n) is 11.6. The van der Waals surface area contributed by atoms with Crippen molar-refractivity contribution < 1.29 is 24.2 Å². The summed E-state index contributed by atoms with van der Waals surface area (Å²) in [4.78, 5) is 24.1. The van der Waals surface area contributed by atoms with Crippen LogP contribution < -0.4 is 14.8 Å². The Balaban J connectivity index is 1.85. The van der Waals surface area contributed by atoms with Crippen LogP contribution >= 0.6 is 27.7 Å². The van der Waals surface area contributed by atoms with E-state index in [1.54, 1.807) is 23.9 Å². The summed E-state index contributed by atoms with van der Waals surface area (Å²) < 4.78 is 11.2. The molecule has 3 rings (SSSR count). The maximum atomic E-state index is 12.5. The zero-order valence-corrected chi connectivity index (χ0v) is 14.0. The number of benzene rings is 1. The van der Waals surface area contributed by atoms with E-state index < -0.39 is 17.4 Å². The Kier molecular flexibility index (Phi) is 4.22. The highest BCUT2D eigenvalue weighted by atomic mass is 79.9.